The summed E-state index contributed by atoms with van der Waals surface area (Å²) in [5, 5.41) is 3.40. The van der Waals surface area contributed by atoms with Crippen molar-refractivity contribution in [1.82, 2.24) is 10.2 Å². The van der Waals surface area contributed by atoms with Gasteiger partial charge in [0, 0.05) is 24.2 Å². The van der Waals surface area contributed by atoms with Crippen molar-refractivity contribution in [2.24, 2.45) is 10.8 Å². The number of rotatable bonds is 2. The monoisotopic (exact) mass is 266 g/mol. The van der Waals surface area contributed by atoms with Crippen LogP contribution in [-0.2, 0) is 4.79 Å². The Balaban J connectivity index is 3.22. The molecule has 0 spiro atoms. The Bertz CT molecular complexity index is 369. The van der Waals surface area contributed by atoms with Crippen LogP contribution in [0.2, 0.25) is 0 Å². The van der Waals surface area contributed by atoms with Crippen LogP contribution in [-0.4, -0.2) is 30.4 Å². The maximum absolute atomic E-state index is 12.2. The van der Waals surface area contributed by atoms with Gasteiger partial charge in [0.25, 0.3) is 0 Å². The summed E-state index contributed by atoms with van der Waals surface area (Å²) in [5.74, 6) is 0.211. The van der Waals surface area contributed by atoms with Crippen LogP contribution in [0.25, 0.3) is 0 Å². The van der Waals surface area contributed by atoms with Gasteiger partial charge in [-0.15, -0.1) is 0 Å². The van der Waals surface area contributed by atoms with Crippen LogP contribution in [0.1, 0.15) is 54.9 Å². The fourth-order valence-corrected chi connectivity index (χ4v) is 2.54. The largest absolute Gasteiger partial charge is 0.379 e. The Morgan fingerprint density at radius 3 is 2.11 bits per heavy atom. The molecule has 0 atom stereocenters. The molecule has 0 bridgehead atoms. The van der Waals surface area contributed by atoms with Gasteiger partial charge in [-0.1, -0.05) is 48.5 Å². The van der Waals surface area contributed by atoms with Crippen molar-refractivity contribution in [2.45, 2.75) is 54.9 Å². The number of nitrogens with one attached hydrogen (secondary N) is 1. The highest BCUT2D eigenvalue weighted by Crippen LogP contribution is 2.36. The standard InChI is InChI=1S/C16H30N2O/c1-8-9-18-11-12(15(2,3)4)14(16(5,6)7)17-10-13(18)19/h17H,8-11H2,1-7H3. The SMILES string of the molecule is CCCN1CC(C(C)(C)C)=C(C(C)(C)C)NCC1=O. The first-order valence-corrected chi connectivity index (χ1v) is 7.33. The van der Waals surface area contributed by atoms with E-state index < -0.39 is 0 Å². The summed E-state index contributed by atoms with van der Waals surface area (Å²) in [6, 6.07) is 0. The number of nitrogens with zero attached hydrogens (tertiary/aromatic N) is 1. The van der Waals surface area contributed by atoms with Crippen LogP contribution in [0.3, 0.4) is 0 Å². The van der Waals surface area contributed by atoms with E-state index in [1.54, 1.807) is 0 Å². The van der Waals surface area contributed by atoms with Gasteiger partial charge in [0.1, 0.15) is 0 Å². The molecule has 19 heavy (non-hydrogen) atoms. The zero-order valence-electron chi connectivity index (χ0n) is 13.7. The topological polar surface area (TPSA) is 32.3 Å². The van der Waals surface area contributed by atoms with Crippen LogP contribution in [0.4, 0.5) is 0 Å². The van der Waals surface area contributed by atoms with Crippen molar-refractivity contribution >= 4 is 5.91 Å². The highest BCUT2D eigenvalue weighted by Gasteiger charge is 2.32. The van der Waals surface area contributed by atoms with E-state index in [2.05, 4.69) is 53.8 Å². The van der Waals surface area contributed by atoms with Crippen molar-refractivity contribution in [2.75, 3.05) is 19.6 Å². The molecule has 0 fully saturated rings. The van der Waals surface area contributed by atoms with Crippen LogP contribution >= 0.6 is 0 Å². The second kappa shape index (κ2) is 5.56. The molecule has 0 radical (unpaired) electrons. The summed E-state index contributed by atoms with van der Waals surface area (Å²) in [6.07, 6.45) is 1.01. The first-order valence-electron chi connectivity index (χ1n) is 7.33. The molecule has 110 valence electrons. The molecule has 3 nitrogen and oxygen atoms in total. The minimum absolute atomic E-state index is 0.0467. The Morgan fingerprint density at radius 1 is 1.11 bits per heavy atom. The molecule has 1 heterocycles. The van der Waals surface area contributed by atoms with Crippen LogP contribution < -0.4 is 5.32 Å². The number of allylic oxidation sites excluding steroid dienone is 1. The fourth-order valence-electron chi connectivity index (χ4n) is 2.54. The minimum atomic E-state index is 0.0467. The normalized spacial score (nSPS) is 18.5. The van der Waals surface area contributed by atoms with Gasteiger partial charge in [0.05, 0.1) is 6.54 Å². The summed E-state index contributed by atoms with van der Waals surface area (Å²) < 4.78 is 0. The second-order valence-electron chi connectivity index (χ2n) is 7.52. The molecule has 0 unspecified atom stereocenters. The lowest BCUT2D eigenvalue weighted by Crippen LogP contribution is -2.37. The lowest BCUT2D eigenvalue weighted by atomic mass is 9.78. The van der Waals surface area contributed by atoms with Gasteiger partial charge >= 0.3 is 0 Å². The molecule has 1 N–H and O–H groups in total. The summed E-state index contributed by atoms with van der Waals surface area (Å²) in [6.45, 7) is 17.5. The molecule has 0 aromatic carbocycles. The highest BCUT2D eigenvalue weighted by atomic mass is 16.2. The van der Waals surface area contributed by atoms with E-state index in [0.29, 0.717) is 6.54 Å². The van der Waals surface area contributed by atoms with Crippen molar-refractivity contribution in [3.8, 4) is 0 Å². The number of hydrogen-bond donors (Lipinski definition) is 1. The van der Waals surface area contributed by atoms with Crippen LogP contribution in [0.15, 0.2) is 11.3 Å². The van der Waals surface area contributed by atoms with E-state index in [0.717, 1.165) is 19.5 Å². The highest BCUT2D eigenvalue weighted by molar-refractivity contribution is 5.79. The third kappa shape index (κ3) is 3.99. The molecule has 0 aromatic heterocycles. The van der Waals surface area contributed by atoms with Crippen LogP contribution in [0.5, 0.6) is 0 Å². The Hall–Kier alpha value is -0.990. The maximum Gasteiger partial charge on any atom is 0.242 e. The molecule has 0 aromatic rings. The predicted molar refractivity (Wildman–Crippen MR) is 80.8 cm³/mol. The van der Waals surface area contributed by atoms with Crippen LogP contribution in [0, 0.1) is 10.8 Å². The predicted octanol–water partition coefficient (Wildman–Crippen LogP) is 3.17. The lowest BCUT2D eigenvalue weighted by Gasteiger charge is -2.33. The third-order valence-electron chi connectivity index (χ3n) is 3.57. The van der Waals surface area contributed by atoms with Gasteiger partial charge in [-0.2, -0.15) is 0 Å². The van der Waals surface area contributed by atoms with Crippen molar-refractivity contribution in [3.05, 3.63) is 11.3 Å². The van der Waals surface area contributed by atoms with Gasteiger partial charge in [0.2, 0.25) is 5.91 Å². The lowest BCUT2D eigenvalue weighted by molar-refractivity contribution is -0.129. The molecule has 0 saturated heterocycles. The molecule has 1 amide bonds. The van der Waals surface area contributed by atoms with E-state index in [9.17, 15) is 4.79 Å². The van der Waals surface area contributed by atoms with Crippen molar-refractivity contribution < 1.29 is 4.79 Å². The number of carbonyl (C=O) groups excluding carboxylic acids is 1. The summed E-state index contributed by atoms with van der Waals surface area (Å²) in [4.78, 5) is 14.2. The van der Waals surface area contributed by atoms with Gasteiger partial charge in [-0.25, -0.2) is 0 Å². The van der Waals surface area contributed by atoms with E-state index in [-0.39, 0.29) is 16.7 Å². The average Bonchev–Trinajstić information content (AvgIpc) is 2.38. The van der Waals surface area contributed by atoms with E-state index >= 15 is 0 Å². The zero-order chi connectivity index (χ0) is 14.8. The smallest absolute Gasteiger partial charge is 0.242 e. The van der Waals surface area contributed by atoms with Gasteiger partial charge < -0.3 is 10.2 Å². The third-order valence-corrected chi connectivity index (χ3v) is 3.57. The molecular weight excluding hydrogens is 236 g/mol. The first-order chi connectivity index (χ1) is 8.57. The molecule has 1 aliphatic heterocycles. The van der Waals surface area contributed by atoms with E-state index in [1.807, 2.05) is 4.90 Å². The molecule has 0 saturated carbocycles. The Morgan fingerprint density at radius 2 is 1.68 bits per heavy atom. The zero-order valence-corrected chi connectivity index (χ0v) is 13.7. The maximum atomic E-state index is 12.2. The molecule has 1 rings (SSSR count). The van der Waals surface area contributed by atoms with Crippen molar-refractivity contribution in [1.29, 1.82) is 0 Å². The molecule has 1 aliphatic rings. The van der Waals surface area contributed by atoms with Gasteiger partial charge in [-0.05, 0) is 17.4 Å². The summed E-state index contributed by atoms with van der Waals surface area (Å²) in [5.41, 5.74) is 2.73. The Labute approximate surface area is 118 Å². The average molecular weight is 266 g/mol. The van der Waals surface area contributed by atoms with Crippen molar-refractivity contribution in [3.63, 3.8) is 0 Å². The minimum Gasteiger partial charge on any atom is -0.379 e. The second-order valence-corrected chi connectivity index (χ2v) is 7.52. The first kappa shape index (κ1) is 16.1. The molecule has 0 aliphatic carbocycles. The Kier molecular flexibility index (Phi) is 4.70. The van der Waals surface area contributed by atoms with Gasteiger partial charge in [-0.3, -0.25) is 4.79 Å². The number of carbonyl (C=O) groups is 1. The molecule has 3 heteroatoms. The quantitative estimate of drug-likeness (QED) is 0.832. The van der Waals surface area contributed by atoms with E-state index in [1.165, 1.54) is 11.3 Å². The fraction of sp³-hybridized carbons (Fsp3) is 0.812. The number of amides is 1. The molecular formula is C16H30N2O. The number of hydrogen-bond acceptors (Lipinski definition) is 2. The van der Waals surface area contributed by atoms with E-state index in [4.69, 9.17) is 0 Å². The summed E-state index contributed by atoms with van der Waals surface area (Å²) in [7, 11) is 0. The van der Waals surface area contributed by atoms with Gasteiger partial charge in [0.15, 0.2) is 0 Å². The summed E-state index contributed by atoms with van der Waals surface area (Å²) >= 11 is 0.